The summed E-state index contributed by atoms with van der Waals surface area (Å²) in [4.78, 5) is 7.96. The molecule has 2 unspecified atom stereocenters. The molecule has 0 radical (unpaired) electrons. The van der Waals surface area contributed by atoms with Crippen LogP contribution in [0.4, 0.5) is 17.1 Å². The highest BCUT2D eigenvalue weighted by Gasteiger charge is 2.55. The first-order valence-electron chi connectivity index (χ1n) is 33.8. The van der Waals surface area contributed by atoms with Gasteiger partial charge in [0.2, 0.25) is 13.4 Å². The summed E-state index contributed by atoms with van der Waals surface area (Å²) in [6.07, 6.45) is 5.38. The van der Waals surface area contributed by atoms with Gasteiger partial charge in [0.1, 0.15) is 11.2 Å². The molecule has 0 saturated carbocycles. The number of benzene rings is 12. The van der Waals surface area contributed by atoms with Gasteiger partial charge in [-0.3, -0.25) is 0 Å². The number of nitrogens with zero attached hydrogens (tertiary/aromatic N) is 1. The molecule has 0 saturated heterocycles. The maximum atomic E-state index is 6.51. The Morgan fingerprint density at radius 1 is 0.400 bits per heavy atom. The normalized spacial score (nSPS) is 17.5. The summed E-state index contributed by atoms with van der Waals surface area (Å²) < 4.78 is 6.51. The number of hydrogen-bond acceptors (Lipinski definition) is 4. The molecule has 0 amide bonds. The topological polar surface area (TPSA) is 16.4 Å². The lowest BCUT2D eigenvalue weighted by Crippen LogP contribution is -2.65. The van der Waals surface area contributed by atoms with Gasteiger partial charge in [-0.05, 0) is 172 Å². The van der Waals surface area contributed by atoms with E-state index in [-0.39, 0.29) is 35.6 Å². The zero-order valence-electron chi connectivity index (χ0n) is 54.8. The van der Waals surface area contributed by atoms with Gasteiger partial charge in [-0.25, -0.2) is 0 Å². The molecule has 2 atom stereocenters. The first-order chi connectivity index (χ1) is 46.0. The monoisotopic (exact) mass is 1250 g/mol. The lowest BCUT2D eigenvalue weighted by atomic mass is 9.29. The van der Waals surface area contributed by atoms with Gasteiger partial charge >= 0.3 is 0 Å². The molecule has 454 valence electrons. The van der Waals surface area contributed by atoms with E-state index >= 15 is 0 Å². The second-order valence-electron chi connectivity index (χ2n) is 30.0. The zero-order chi connectivity index (χ0) is 64.0. The van der Waals surface area contributed by atoms with E-state index in [0.29, 0.717) is 0 Å². The standard InChI is InChI=1S/C89H69B2NOS2/c1-86(2,3)63-47-69-83-68-50-75-74(51-73(68)90-71-38-31-56(53-21-12-9-13-22-53)44-79(71)95-82(49-63)84(69)90)91-72-39-32-57(54-23-14-10-15-24-54)45-80(72)94-81-46-59(55-33-40-78-67(42-55)66-29-18-19-30-77(66)93-78)43-76(85(81)91)92(75)65-36-34-60(35-37-65)88(7,8)62-28-20-25-58(41-62)70-48-64(87(4,5)6)52-89(70,83)61-26-16-11-17-27-61/h9-52,83H,1-8H3. The van der Waals surface area contributed by atoms with Crippen LogP contribution in [0.15, 0.2) is 297 Å². The third kappa shape index (κ3) is 8.55. The Balaban J connectivity index is 0.974. The average molecular weight is 1250 g/mol. The Hall–Kier alpha value is -9.45. The highest BCUT2D eigenvalue weighted by molar-refractivity contribution is 8.00. The van der Waals surface area contributed by atoms with Crippen molar-refractivity contribution < 1.29 is 4.42 Å². The van der Waals surface area contributed by atoms with Gasteiger partial charge in [0, 0.05) is 58.7 Å². The number of hydrogen-bond donors (Lipinski definition) is 0. The fourth-order valence-electron chi connectivity index (χ4n) is 17.1. The number of furan rings is 1. The molecule has 20 rings (SSSR count). The fourth-order valence-corrected chi connectivity index (χ4v) is 19.6. The van der Waals surface area contributed by atoms with E-state index in [1.54, 1.807) is 0 Å². The molecule has 2 nitrogen and oxygen atoms in total. The Morgan fingerprint density at radius 2 is 0.989 bits per heavy atom. The Labute approximate surface area is 567 Å². The van der Waals surface area contributed by atoms with Crippen LogP contribution in [0, 0.1) is 5.41 Å². The largest absolute Gasteiger partial charge is 0.456 e. The lowest BCUT2D eigenvalue weighted by molar-refractivity contribution is 0.509. The van der Waals surface area contributed by atoms with Crippen molar-refractivity contribution in [1.82, 2.24) is 0 Å². The number of para-hydroxylation sites is 1. The van der Waals surface area contributed by atoms with E-state index in [0.717, 1.165) is 33.2 Å². The average Bonchev–Trinajstić information content (AvgIpc) is 1.60. The molecule has 1 aliphatic carbocycles. The SMILES string of the molecule is CC(C)(C)C1=CC2(c3ccccc3)C(=C1)c1cccc(c1)C(C)(C)c1ccc(cc1)N1c3cc4c(cc3B3c5ccc(-c6ccccc6)cc5Sc5cc(-c6ccc7oc8ccccc8c7c6)cc1c53)B1c3ccc(-c5ccccc5)cc3Sc3cc(C(C)(C)C)cc(c31)C42. The molecule has 6 aliphatic heterocycles. The third-order valence-electron chi connectivity index (χ3n) is 22.2. The minimum absolute atomic E-state index is 0.0617. The minimum Gasteiger partial charge on any atom is -0.456 e. The molecule has 12 aromatic carbocycles. The van der Waals surface area contributed by atoms with E-state index < -0.39 is 5.41 Å². The van der Waals surface area contributed by atoms with Crippen LogP contribution < -0.4 is 37.7 Å². The molecule has 0 N–H and O–H groups in total. The van der Waals surface area contributed by atoms with Crippen LogP contribution in [-0.2, 0) is 16.2 Å². The molecule has 0 spiro atoms. The zero-order valence-corrected chi connectivity index (χ0v) is 56.4. The maximum Gasteiger partial charge on any atom is 0.249 e. The molecule has 6 bridgehead atoms. The Bertz CT molecular complexity index is 5490. The third-order valence-corrected chi connectivity index (χ3v) is 24.4. The molecule has 1 aromatic heterocycles. The van der Waals surface area contributed by atoms with Gasteiger partial charge in [-0.2, -0.15) is 0 Å². The van der Waals surface area contributed by atoms with Crippen molar-refractivity contribution in [1.29, 1.82) is 0 Å². The van der Waals surface area contributed by atoms with Crippen LogP contribution in [0.5, 0.6) is 0 Å². The quantitative estimate of drug-likeness (QED) is 0.163. The van der Waals surface area contributed by atoms with Gasteiger partial charge in [0.05, 0.1) is 5.41 Å². The highest BCUT2D eigenvalue weighted by atomic mass is 32.2. The number of rotatable bonds is 4. The van der Waals surface area contributed by atoms with Crippen molar-refractivity contribution in [2.45, 2.75) is 97.1 Å². The van der Waals surface area contributed by atoms with E-state index in [9.17, 15) is 0 Å². The summed E-state index contributed by atoms with van der Waals surface area (Å²) >= 11 is 3.93. The van der Waals surface area contributed by atoms with Crippen LogP contribution in [0.1, 0.15) is 100 Å². The van der Waals surface area contributed by atoms with Crippen molar-refractivity contribution in [3.05, 3.63) is 311 Å². The van der Waals surface area contributed by atoms with Crippen molar-refractivity contribution >= 4 is 114 Å². The molecule has 7 heterocycles. The smallest absolute Gasteiger partial charge is 0.249 e. The second kappa shape index (κ2) is 20.5. The summed E-state index contributed by atoms with van der Waals surface area (Å²) in [5, 5.41) is 2.26. The van der Waals surface area contributed by atoms with Crippen LogP contribution in [0.25, 0.3) is 60.9 Å². The predicted molar refractivity (Wildman–Crippen MR) is 404 cm³/mol. The lowest BCUT2D eigenvalue weighted by Gasteiger charge is -2.48. The first-order valence-corrected chi connectivity index (χ1v) is 35.4. The maximum absolute atomic E-state index is 6.51. The molecule has 13 aromatic rings. The van der Waals surface area contributed by atoms with E-state index in [1.807, 2.05) is 23.5 Å². The summed E-state index contributed by atoms with van der Waals surface area (Å²) in [5.41, 5.74) is 31.5. The first kappa shape index (κ1) is 57.0. The predicted octanol–water partition coefficient (Wildman–Crippen LogP) is 19.7. The van der Waals surface area contributed by atoms with Crippen molar-refractivity contribution in [2.24, 2.45) is 5.41 Å². The van der Waals surface area contributed by atoms with E-state index in [1.165, 1.54) is 142 Å². The summed E-state index contributed by atoms with van der Waals surface area (Å²) in [6.45, 7) is 19.2. The van der Waals surface area contributed by atoms with Crippen LogP contribution in [0.3, 0.4) is 0 Å². The minimum atomic E-state index is -0.682. The fraction of sp³-hybridized carbons (Fsp3) is 0.146. The van der Waals surface area contributed by atoms with Crippen LogP contribution in [0.2, 0.25) is 0 Å². The molecule has 7 aliphatic rings. The molecule has 95 heavy (non-hydrogen) atoms. The second-order valence-corrected chi connectivity index (χ2v) is 32.1. The summed E-state index contributed by atoms with van der Waals surface area (Å²) in [7, 11) is 0. The van der Waals surface area contributed by atoms with Crippen molar-refractivity contribution in [3.8, 4) is 33.4 Å². The number of fused-ring (bicyclic) bond motifs is 11. The summed E-state index contributed by atoms with van der Waals surface area (Å²) in [5.74, 6) is -0.179. The van der Waals surface area contributed by atoms with E-state index in [4.69, 9.17) is 4.42 Å². The van der Waals surface area contributed by atoms with Gasteiger partial charge in [-0.1, -0.05) is 301 Å². The Morgan fingerprint density at radius 3 is 1.67 bits per heavy atom. The number of allylic oxidation sites excluding steroid dienone is 4. The molecular weight excluding hydrogens is 1180 g/mol. The van der Waals surface area contributed by atoms with Crippen LogP contribution >= 0.6 is 23.5 Å². The van der Waals surface area contributed by atoms with Crippen molar-refractivity contribution in [2.75, 3.05) is 4.90 Å². The summed E-state index contributed by atoms with van der Waals surface area (Å²) in [6, 6.07) is 98.9. The number of anilines is 3. The van der Waals surface area contributed by atoms with Gasteiger partial charge in [0.25, 0.3) is 0 Å². The molecular formula is C89H69B2NOS2. The van der Waals surface area contributed by atoms with E-state index in [2.05, 4.69) is 327 Å². The van der Waals surface area contributed by atoms with Gasteiger partial charge in [-0.15, -0.1) is 0 Å². The molecule has 6 heteroatoms. The van der Waals surface area contributed by atoms with Gasteiger partial charge in [0.15, 0.2) is 0 Å². The van der Waals surface area contributed by atoms with Crippen molar-refractivity contribution in [3.63, 3.8) is 0 Å². The molecule has 0 fully saturated rings. The highest BCUT2D eigenvalue weighted by Crippen LogP contribution is 2.60. The van der Waals surface area contributed by atoms with Gasteiger partial charge < -0.3 is 9.32 Å². The Kier molecular flexibility index (Phi) is 12.3. The van der Waals surface area contributed by atoms with Crippen LogP contribution in [-0.4, -0.2) is 13.4 Å².